The Kier molecular flexibility index (Phi) is 4.85. The molecule has 5 heteroatoms. The van der Waals surface area contributed by atoms with Crippen molar-refractivity contribution in [3.63, 3.8) is 0 Å². The number of Topliss-reactive ketones (excluding diaryl/α,β-unsaturated/α-hetero) is 1. The molecule has 1 aromatic carbocycles. The standard InChI is InChI=1S/C14H18Cl2N2O/c1-17-5-6-18(2)11(9-17)8-14(19)12-7-10(15)3-4-13(12)16/h3-4,7,11H,5-6,8-9H2,1-2H3. The lowest BCUT2D eigenvalue weighted by atomic mass is 10.0. The van der Waals surface area contributed by atoms with E-state index in [9.17, 15) is 4.79 Å². The molecule has 1 heterocycles. The molecular weight excluding hydrogens is 283 g/mol. The number of nitrogens with zero attached hydrogens (tertiary/aromatic N) is 2. The summed E-state index contributed by atoms with van der Waals surface area (Å²) < 4.78 is 0. The van der Waals surface area contributed by atoms with E-state index in [2.05, 4.69) is 23.9 Å². The van der Waals surface area contributed by atoms with E-state index in [0.717, 1.165) is 19.6 Å². The van der Waals surface area contributed by atoms with Crippen LogP contribution in [0.25, 0.3) is 0 Å². The Balaban J connectivity index is 2.10. The van der Waals surface area contributed by atoms with Crippen LogP contribution in [0.3, 0.4) is 0 Å². The molecule has 1 aliphatic heterocycles. The van der Waals surface area contributed by atoms with Crippen molar-refractivity contribution in [1.29, 1.82) is 0 Å². The predicted octanol–water partition coefficient (Wildman–Crippen LogP) is 2.81. The van der Waals surface area contributed by atoms with Crippen LogP contribution < -0.4 is 0 Å². The van der Waals surface area contributed by atoms with Gasteiger partial charge in [0.2, 0.25) is 0 Å². The number of rotatable bonds is 3. The van der Waals surface area contributed by atoms with E-state index in [1.54, 1.807) is 18.2 Å². The highest BCUT2D eigenvalue weighted by Crippen LogP contribution is 2.23. The molecule has 0 N–H and O–H groups in total. The zero-order valence-electron chi connectivity index (χ0n) is 11.2. The molecule has 19 heavy (non-hydrogen) atoms. The molecule has 1 aliphatic rings. The maximum absolute atomic E-state index is 12.3. The first-order chi connectivity index (χ1) is 8.97. The van der Waals surface area contributed by atoms with E-state index in [0.29, 0.717) is 22.0 Å². The van der Waals surface area contributed by atoms with Gasteiger partial charge in [0.1, 0.15) is 0 Å². The lowest BCUT2D eigenvalue weighted by Crippen LogP contribution is -2.50. The van der Waals surface area contributed by atoms with Crippen molar-refractivity contribution in [2.75, 3.05) is 33.7 Å². The summed E-state index contributed by atoms with van der Waals surface area (Å²) in [5.74, 6) is 0.0552. The molecule has 0 radical (unpaired) electrons. The minimum absolute atomic E-state index is 0.0552. The molecule has 1 unspecified atom stereocenters. The normalized spacial score (nSPS) is 21.6. The largest absolute Gasteiger partial charge is 0.304 e. The highest BCUT2D eigenvalue weighted by atomic mass is 35.5. The van der Waals surface area contributed by atoms with Gasteiger partial charge in [-0.2, -0.15) is 0 Å². The molecule has 1 fully saturated rings. The van der Waals surface area contributed by atoms with Crippen LogP contribution in [0.15, 0.2) is 18.2 Å². The Morgan fingerprint density at radius 2 is 2.05 bits per heavy atom. The van der Waals surface area contributed by atoms with E-state index in [4.69, 9.17) is 23.2 Å². The van der Waals surface area contributed by atoms with Crippen molar-refractivity contribution in [2.24, 2.45) is 0 Å². The summed E-state index contributed by atoms with van der Waals surface area (Å²) in [4.78, 5) is 16.8. The van der Waals surface area contributed by atoms with E-state index >= 15 is 0 Å². The molecule has 2 rings (SSSR count). The van der Waals surface area contributed by atoms with Crippen molar-refractivity contribution < 1.29 is 4.79 Å². The number of carbonyl (C=O) groups excluding carboxylic acids is 1. The van der Waals surface area contributed by atoms with Crippen molar-refractivity contribution in [2.45, 2.75) is 12.5 Å². The molecular formula is C14H18Cl2N2O. The number of ketones is 1. The molecule has 3 nitrogen and oxygen atoms in total. The zero-order valence-corrected chi connectivity index (χ0v) is 12.7. The second kappa shape index (κ2) is 6.23. The summed E-state index contributed by atoms with van der Waals surface area (Å²) in [5.41, 5.74) is 0.524. The Labute approximate surface area is 124 Å². The number of likely N-dealkylation sites (N-methyl/N-ethyl adjacent to an activating group) is 2. The second-order valence-corrected chi connectivity index (χ2v) is 5.99. The minimum Gasteiger partial charge on any atom is -0.304 e. The summed E-state index contributed by atoms with van der Waals surface area (Å²) in [6, 6.07) is 5.26. The summed E-state index contributed by atoms with van der Waals surface area (Å²) >= 11 is 12.0. The zero-order chi connectivity index (χ0) is 14.0. The molecule has 0 bridgehead atoms. The second-order valence-electron chi connectivity index (χ2n) is 5.15. The molecule has 0 aliphatic carbocycles. The van der Waals surface area contributed by atoms with Crippen LogP contribution in [0.1, 0.15) is 16.8 Å². The quantitative estimate of drug-likeness (QED) is 0.802. The number of piperazine rings is 1. The van der Waals surface area contributed by atoms with Gasteiger partial charge in [-0.3, -0.25) is 4.79 Å². The van der Waals surface area contributed by atoms with Crippen molar-refractivity contribution >= 4 is 29.0 Å². The third-order valence-corrected chi connectivity index (χ3v) is 4.19. The molecule has 0 aromatic heterocycles. The monoisotopic (exact) mass is 300 g/mol. The van der Waals surface area contributed by atoms with E-state index in [1.807, 2.05) is 0 Å². The summed E-state index contributed by atoms with van der Waals surface area (Å²) in [6.45, 7) is 2.93. The third-order valence-electron chi connectivity index (χ3n) is 3.63. The van der Waals surface area contributed by atoms with Gasteiger partial charge in [0, 0.05) is 42.7 Å². The van der Waals surface area contributed by atoms with Gasteiger partial charge in [0.05, 0.1) is 5.02 Å². The van der Waals surface area contributed by atoms with Gasteiger partial charge < -0.3 is 9.80 Å². The number of hydrogen-bond acceptors (Lipinski definition) is 3. The summed E-state index contributed by atoms with van der Waals surface area (Å²) in [6.07, 6.45) is 0.473. The molecule has 1 saturated heterocycles. The first-order valence-corrected chi connectivity index (χ1v) is 7.10. The van der Waals surface area contributed by atoms with Gasteiger partial charge in [-0.15, -0.1) is 0 Å². The van der Waals surface area contributed by atoms with Gasteiger partial charge in [0.15, 0.2) is 5.78 Å². The lowest BCUT2D eigenvalue weighted by molar-refractivity contribution is 0.0810. The van der Waals surface area contributed by atoms with Gasteiger partial charge in [-0.05, 0) is 32.3 Å². The first kappa shape index (κ1) is 14.8. The average Bonchev–Trinajstić information content (AvgIpc) is 2.36. The van der Waals surface area contributed by atoms with E-state index in [1.165, 1.54) is 0 Å². The average molecular weight is 301 g/mol. The van der Waals surface area contributed by atoms with Crippen LogP contribution in [0, 0.1) is 0 Å². The van der Waals surface area contributed by atoms with Crippen LogP contribution >= 0.6 is 23.2 Å². The van der Waals surface area contributed by atoms with Gasteiger partial charge >= 0.3 is 0 Å². The Bertz CT molecular complexity index is 479. The van der Waals surface area contributed by atoms with E-state index < -0.39 is 0 Å². The van der Waals surface area contributed by atoms with Crippen molar-refractivity contribution in [3.8, 4) is 0 Å². The van der Waals surface area contributed by atoms with Gasteiger partial charge in [-0.1, -0.05) is 23.2 Å². The van der Waals surface area contributed by atoms with Crippen LogP contribution in [-0.4, -0.2) is 55.4 Å². The highest BCUT2D eigenvalue weighted by molar-refractivity contribution is 6.35. The maximum Gasteiger partial charge on any atom is 0.166 e. The molecule has 0 spiro atoms. The van der Waals surface area contributed by atoms with Crippen LogP contribution in [0.4, 0.5) is 0 Å². The smallest absolute Gasteiger partial charge is 0.166 e. The maximum atomic E-state index is 12.3. The third kappa shape index (κ3) is 3.69. The topological polar surface area (TPSA) is 23.6 Å². The molecule has 1 atom stereocenters. The Morgan fingerprint density at radius 1 is 1.32 bits per heavy atom. The molecule has 0 amide bonds. The number of benzene rings is 1. The number of carbonyl (C=O) groups is 1. The van der Waals surface area contributed by atoms with Gasteiger partial charge in [-0.25, -0.2) is 0 Å². The fourth-order valence-corrected chi connectivity index (χ4v) is 2.75. The van der Waals surface area contributed by atoms with Crippen LogP contribution in [-0.2, 0) is 0 Å². The van der Waals surface area contributed by atoms with E-state index in [-0.39, 0.29) is 11.8 Å². The Hall–Kier alpha value is -0.610. The number of halogens is 2. The summed E-state index contributed by atoms with van der Waals surface area (Å²) in [5, 5.41) is 1.02. The number of hydrogen-bond donors (Lipinski definition) is 0. The molecule has 0 saturated carbocycles. The minimum atomic E-state index is 0.0552. The molecule has 1 aromatic rings. The SMILES string of the molecule is CN1CCN(C)C(CC(=O)c2cc(Cl)ccc2Cl)C1. The molecule has 104 valence electrons. The lowest BCUT2D eigenvalue weighted by Gasteiger charge is -2.37. The Morgan fingerprint density at radius 3 is 2.79 bits per heavy atom. The highest BCUT2D eigenvalue weighted by Gasteiger charge is 2.25. The van der Waals surface area contributed by atoms with Crippen molar-refractivity contribution in [1.82, 2.24) is 9.80 Å². The summed E-state index contributed by atoms with van der Waals surface area (Å²) in [7, 11) is 4.14. The first-order valence-electron chi connectivity index (χ1n) is 6.34. The predicted molar refractivity (Wildman–Crippen MR) is 79.3 cm³/mol. The van der Waals surface area contributed by atoms with Crippen LogP contribution in [0.5, 0.6) is 0 Å². The van der Waals surface area contributed by atoms with Crippen LogP contribution in [0.2, 0.25) is 10.0 Å². The fourth-order valence-electron chi connectivity index (χ4n) is 2.36. The van der Waals surface area contributed by atoms with Crippen molar-refractivity contribution in [3.05, 3.63) is 33.8 Å². The van der Waals surface area contributed by atoms with Gasteiger partial charge in [0.25, 0.3) is 0 Å². The fraction of sp³-hybridized carbons (Fsp3) is 0.500.